The molecule has 1 aliphatic heterocycles. The summed E-state index contributed by atoms with van der Waals surface area (Å²) in [6.45, 7) is 4.83. The lowest BCUT2D eigenvalue weighted by molar-refractivity contribution is -0.146. The molecule has 1 N–H and O–H groups in total. The molecule has 6 nitrogen and oxygen atoms in total. The molecule has 0 bridgehead atoms. The van der Waals surface area contributed by atoms with Crippen LogP contribution < -0.4 is 5.32 Å². The van der Waals surface area contributed by atoms with E-state index in [1.54, 1.807) is 0 Å². The molecule has 1 saturated heterocycles. The average molecular weight is 349 g/mol. The van der Waals surface area contributed by atoms with Gasteiger partial charge in [0.15, 0.2) is 0 Å². The van der Waals surface area contributed by atoms with E-state index in [4.69, 9.17) is 4.74 Å². The van der Waals surface area contributed by atoms with Crippen molar-refractivity contribution in [3.05, 3.63) is 35.9 Å². The number of alkyl carbamates (subject to hydrolysis) is 1. The van der Waals surface area contributed by atoms with E-state index in [0.717, 1.165) is 24.7 Å². The summed E-state index contributed by atoms with van der Waals surface area (Å²) in [5, 5.41) is 2.54. The zero-order valence-electron chi connectivity index (χ0n) is 14.9. The Labute approximate surface area is 148 Å². The fourth-order valence-electron chi connectivity index (χ4n) is 2.20. The number of carbonyl (C=O) groups is 3. The summed E-state index contributed by atoms with van der Waals surface area (Å²) in [6, 6.07) is 8.92. The number of aldehydes is 1. The fourth-order valence-corrected chi connectivity index (χ4v) is 2.20. The third-order valence-corrected chi connectivity index (χ3v) is 3.44. The fraction of sp³-hybridized carbons (Fsp3) is 0.526. The summed E-state index contributed by atoms with van der Waals surface area (Å²) in [6.07, 6.45) is 3.48. The molecule has 0 saturated carbocycles. The molecule has 1 amide bonds. The largest absolute Gasteiger partial charge is 0.466 e. The first-order valence-electron chi connectivity index (χ1n) is 8.59. The maximum absolute atomic E-state index is 11.5. The molecule has 2 rings (SSSR count). The first-order valence-corrected chi connectivity index (χ1v) is 8.59. The Morgan fingerprint density at radius 1 is 1.28 bits per heavy atom. The molecule has 1 aliphatic rings. The molecular formula is C19H27NO5. The van der Waals surface area contributed by atoms with Crippen molar-refractivity contribution in [3.8, 4) is 0 Å². The minimum atomic E-state index is -0.559. The lowest BCUT2D eigenvalue weighted by Gasteiger charge is -2.14. The number of carbonyl (C=O) groups excluding carboxylic acids is 3. The molecule has 0 aliphatic carbocycles. The van der Waals surface area contributed by atoms with Crippen LogP contribution in [0.15, 0.2) is 30.3 Å². The van der Waals surface area contributed by atoms with Crippen molar-refractivity contribution in [2.45, 2.75) is 52.2 Å². The number of hydrogen-bond donors (Lipinski definition) is 1. The van der Waals surface area contributed by atoms with Crippen LogP contribution in [0, 0.1) is 5.92 Å². The molecule has 0 spiro atoms. The lowest BCUT2D eigenvalue weighted by Crippen LogP contribution is -2.37. The maximum atomic E-state index is 11.5. The third kappa shape index (κ3) is 10.2. The van der Waals surface area contributed by atoms with Crippen molar-refractivity contribution in [1.29, 1.82) is 0 Å². The molecule has 1 fully saturated rings. The summed E-state index contributed by atoms with van der Waals surface area (Å²) < 4.78 is 9.67. The Morgan fingerprint density at radius 2 is 2.00 bits per heavy atom. The molecule has 1 aromatic rings. The van der Waals surface area contributed by atoms with Gasteiger partial charge in [-0.05, 0) is 30.7 Å². The smallest absolute Gasteiger partial charge is 0.408 e. The van der Waals surface area contributed by atoms with E-state index in [9.17, 15) is 14.4 Å². The number of rotatable bonds is 6. The van der Waals surface area contributed by atoms with E-state index >= 15 is 0 Å². The highest BCUT2D eigenvalue weighted by molar-refractivity contribution is 5.73. The molecular weight excluding hydrogens is 322 g/mol. The molecule has 6 heteroatoms. The van der Waals surface area contributed by atoms with Crippen molar-refractivity contribution < 1.29 is 23.9 Å². The van der Waals surface area contributed by atoms with Gasteiger partial charge in [0.25, 0.3) is 0 Å². The highest BCUT2D eigenvalue weighted by Gasteiger charge is 2.13. The molecule has 1 heterocycles. The summed E-state index contributed by atoms with van der Waals surface area (Å²) in [5.74, 6) is 0.306. The van der Waals surface area contributed by atoms with Gasteiger partial charge in [-0.3, -0.25) is 4.79 Å². The Balaban J connectivity index is 0.000000370. The van der Waals surface area contributed by atoms with Gasteiger partial charge in [-0.1, -0.05) is 44.2 Å². The van der Waals surface area contributed by atoms with Gasteiger partial charge in [-0.25, -0.2) is 4.79 Å². The number of ether oxygens (including phenoxy) is 2. The normalized spacial score (nSPS) is 14.6. The van der Waals surface area contributed by atoms with Crippen molar-refractivity contribution >= 4 is 18.3 Å². The van der Waals surface area contributed by atoms with Crippen molar-refractivity contribution in [3.63, 3.8) is 0 Å². The van der Waals surface area contributed by atoms with E-state index in [0.29, 0.717) is 25.4 Å². The molecule has 138 valence electrons. The van der Waals surface area contributed by atoms with Crippen LogP contribution in [0.1, 0.15) is 45.1 Å². The van der Waals surface area contributed by atoms with Gasteiger partial charge in [0.05, 0.1) is 12.6 Å². The standard InChI is InChI=1S/C14H19NO3.C5H8O2/c1-11(2)8-13(9-16)15-14(17)18-10-12-6-4-3-5-7-12;6-5-3-1-2-4-7-5/h3-7,9,11,13H,8,10H2,1-2H3,(H,15,17);1-4H2. The van der Waals surface area contributed by atoms with E-state index in [1.807, 2.05) is 44.2 Å². The highest BCUT2D eigenvalue weighted by atomic mass is 16.5. The highest BCUT2D eigenvalue weighted by Crippen LogP contribution is 2.05. The third-order valence-electron chi connectivity index (χ3n) is 3.44. The number of nitrogens with one attached hydrogen (secondary N) is 1. The van der Waals surface area contributed by atoms with Gasteiger partial charge in [0.1, 0.15) is 12.9 Å². The zero-order chi connectivity index (χ0) is 18.5. The minimum Gasteiger partial charge on any atom is -0.466 e. The zero-order valence-corrected chi connectivity index (χ0v) is 14.9. The summed E-state index contributed by atoms with van der Waals surface area (Å²) in [4.78, 5) is 32.5. The van der Waals surface area contributed by atoms with Crippen molar-refractivity contribution in [2.75, 3.05) is 6.61 Å². The summed E-state index contributed by atoms with van der Waals surface area (Å²) in [5.41, 5.74) is 0.916. The molecule has 25 heavy (non-hydrogen) atoms. The van der Waals surface area contributed by atoms with Crippen LogP contribution in [-0.4, -0.2) is 31.0 Å². The van der Waals surface area contributed by atoms with Crippen LogP contribution in [0.4, 0.5) is 4.79 Å². The Morgan fingerprint density at radius 3 is 2.48 bits per heavy atom. The Hall–Kier alpha value is -2.37. The summed E-state index contributed by atoms with van der Waals surface area (Å²) >= 11 is 0. The maximum Gasteiger partial charge on any atom is 0.408 e. The number of benzene rings is 1. The molecule has 1 unspecified atom stereocenters. The Bertz CT molecular complexity index is 522. The van der Waals surface area contributed by atoms with E-state index in [1.165, 1.54) is 0 Å². The van der Waals surface area contributed by atoms with Gasteiger partial charge >= 0.3 is 12.1 Å². The second-order valence-corrected chi connectivity index (χ2v) is 6.26. The van der Waals surface area contributed by atoms with Crippen molar-refractivity contribution in [1.82, 2.24) is 5.32 Å². The molecule has 1 aromatic carbocycles. The van der Waals surface area contributed by atoms with Gasteiger partial charge in [-0.2, -0.15) is 0 Å². The number of amides is 1. The Kier molecular flexibility index (Phi) is 9.97. The lowest BCUT2D eigenvalue weighted by atomic mass is 10.1. The second-order valence-electron chi connectivity index (χ2n) is 6.26. The van der Waals surface area contributed by atoms with Crippen LogP contribution in [0.5, 0.6) is 0 Å². The molecule has 0 aromatic heterocycles. The number of hydrogen-bond acceptors (Lipinski definition) is 5. The molecule has 1 atom stereocenters. The van der Waals surface area contributed by atoms with Crippen LogP contribution in [0.25, 0.3) is 0 Å². The van der Waals surface area contributed by atoms with Crippen molar-refractivity contribution in [2.24, 2.45) is 5.92 Å². The predicted molar refractivity (Wildman–Crippen MR) is 93.9 cm³/mol. The van der Waals surface area contributed by atoms with Gasteiger partial charge in [-0.15, -0.1) is 0 Å². The van der Waals surface area contributed by atoms with Crippen LogP contribution in [-0.2, 0) is 25.7 Å². The average Bonchev–Trinajstić information content (AvgIpc) is 2.61. The SMILES string of the molecule is CC(C)CC(C=O)NC(=O)OCc1ccccc1.O=C1CCCCO1. The van der Waals surface area contributed by atoms with Crippen LogP contribution >= 0.6 is 0 Å². The minimum absolute atomic E-state index is 0.0359. The van der Waals surface area contributed by atoms with Crippen LogP contribution in [0.3, 0.4) is 0 Å². The topological polar surface area (TPSA) is 81.7 Å². The quantitative estimate of drug-likeness (QED) is 0.630. The summed E-state index contributed by atoms with van der Waals surface area (Å²) in [7, 11) is 0. The monoisotopic (exact) mass is 349 g/mol. The van der Waals surface area contributed by atoms with E-state index in [-0.39, 0.29) is 12.6 Å². The number of esters is 1. The number of cyclic esters (lactones) is 1. The van der Waals surface area contributed by atoms with Gasteiger partial charge in [0.2, 0.25) is 0 Å². The predicted octanol–water partition coefficient (Wildman–Crippen LogP) is 3.24. The van der Waals surface area contributed by atoms with E-state index < -0.39 is 12.1 Å². The van der Waals surface area contributed by atoms with Gasteiger partial charge in [0, 0.05) is 6.42 Å². The second kappa shape index (κ2) is 12.1. The van der Waals surface area contributed by atoms with Crippen LogP contribution in [0.2, 0.25) is 0 Å². The molecule has 0 radical (unpaired) electrons. The van der Waals surface area contributed by atoms with Gasteiger partial charge < -0.3 is 19.6 Å². The van der Waals surface area contributed by atoms with E-state index in [2.05, 4.69) is 10.1 Å². The first kappa shape index (κ1) is 20.7. The first-order chi connectivity index (χ1) is 12.0.